The van der Waals surface area contributed by atoms with Gasteiger partial charge in [0.05, 0.1) is 42.7 Å². The maximum atomic E-state index is 12.9. The summed E-state index contributed by atoms with van der Waals surface area (Å²) >= 11 is 0. The Morgan fingerprint density at radius 1 is 1.30 bits per heavy atom. The van der Waals surface area contributed by atoms with Crippen molar-refractivity contribution in [2.75, 3.05) is 33.4 Å². The smallest absolute Gasteiger partial charge is 0.228 e. The molecule has 0 aromatic carbocycles. The molecule has 0 radical (unpaired) electrons. The lowest BCUT2D eigenvalue weighted by Gasteiger charge is -2.43. The molecule has 2 aromatic rings. The average Bonchev–Trinajstić information content (AvgIpc) is 3.42. The number of rotatable bonds is 2. The van der Waals surface area contributed by atoms with Crippen LogP contribution in [0.1, 0.15) is 18.7 Å². The van der Waals surface area contributed by atoms with E-state index < -0.39 is 0 Å². The molecular weight excluding hydrogens is 344 g/mol. The fourth-order valence-corrected chi connectivity index (χ4v) is 4.77. The summed E-state index contributed by atoms with van der Waals surface area (Å²) in [5, 5.41) is 4.31. The van der Waals surface area contributed by atoms with Crippen LogP contribution in [0, 0.1) is 5.92 Å². The van der Waals surface area contributed by atoms with Crippen LogP contribution in [0.25, 0.3) is 11.3 Å². The van der Waals surface area contributed by atoms with Gasteiger partial charge in [0.15, 0.2) is 0 Å². The number of likely N-dealkylation sites (N-methyl/N-ethyl adjacent to an activating group) is 1. The van der Waals surface area contributed by atoms with Crippen LogP contribution in [-0.4, -0.2) is 73.9 Å². The van der Waals surface area contributed by atoms with Crippen LogP contribution in [0.2, 0.25) is 0 Å². The molecule has 5 heterocycles. The number of carbonyl (C=O) groups is 1. The first kappa shape index (κ1) is 16.9. The molecule has 27 heavy (non-hydrogen) atoms. The van der Waals surface area contributed by atoms with Gasteiger partial charge in [-0.25, -0.2) is 4.98 Å². The molecule has 3 aliphatic rings. The lowest BCUT2D eigenvalue weighted by Crippen LogP contribution is -2.55. The van der Waals surface area contributed by atoms with Gasteiger partial charge in [0, 0.05) is 45.0 Å². The summed E-state index contributed by atoms with van der Waals surface area (Å²) in [6, 6.07) is 0. The summed E-state index contributed by atoms with van der Waals surface area (Å²) in [6.07, 6.45) is 7.72. The van der Waals surface area contributed by atoms with Crippen LogP contribution in [0.15, 0.2) is 18.6 Å². The van der Waals surface area contributed by atoms with E-state index in [2.05, 4.69) is 31.5 Å². The number of amides is 1. The molecule has 2 unspecified atom stereocenters. The van der Waals surface area contributed by atoms with E-state index in [9.17, 15) is 4.79 Å². The third-order valence-corrected chi connectivity index (χ3v) is 6.50. The van der Waals surface area contributed by atoms with E-state index in [-0.39, 0.29) is 17.4 Å². The molecule has 8 heteroatoms. The lowest BCUT2D eigenvalue weighted by molar-refractivity contribution is -0.135. The number of hydrogen-bond acceptors (Lipinski definition) is 5. The Morgan fingerprint density at radius 2 is 2.19 bits per heavy atom. The molecule has 1 amide bonds. The van der Waals surface area contributed by atoms with Gasteiger partial charge in [-0.15, -0.1) is 0 Å². The first-order valence-corrected chi connectivity index (χ1v) is 9.67. The van der Waals surface area contributed by atoms with Gasteiger partial charge in [-0.1, -0.05) is 0 Å². The number of aromatic nitrogens is 4. The Bertz CT molecular complexity index is 867. The van der Waals surface area contributed by atoms with E-state index in [1.807, 2.05) is 30.3 Å². The minimum absolute atomic E-state index is 0.0280. The molecule has 3 aliphatic heterocycles. The summed E-state index contributed by atoms with van der Waals surface area (Å²) in [7, 11) is 4.09. The Balaban J connectivity index is 1.41. The SMILES string of the molecule is CN1Cc2ncc(-c3cnn(C)c3)n2CC12CCN(C(=O)C1CCOC1)C2. The second-order valence-electron chi connectivity index (χ2n) is 8.20. The van der Waals surface area contributed by atoms with Crippen LogP contribution in [0.3, 0.4) is 0 Å². The van der Waals surface area contributed by atoms with Crippen molar-refractivity contribution in [2.24, 2.45) is 13.0 Å². The third kappa shape index (κ3) is 2.70. The van der Waals surface area contributed by atoms with Crippen LogP contribution >= 0.6 is 0 Å². The fourth-order valence-electron chi connectivity index (χ4n) is 4.77. The second kappa shape index (κ2) is 6.17. The van der Waals surface area contributed by atoms with Gasteiger partial charge in [-0.3, -0.25) is 14.4 Å². The third-order valence-electron chi connectivity index (χ3n) is 6.50. The highest BCUT2D eigenvalue weighted by atomic mass is 16.5. The highest BCUT2D eigenvalue weighted by Gasteiger charge is 2.47. The van der Waals surface area contributed by atoms with Gasteiger partial charge in [0.1, 0.15) is 5.82 Å². The van der Waals surface area contributed by atoms with Gasteiger partial charge in [-0.05, 0) is 19.9 Å². The molecule has 8 nitrogen and oxygen atoms in total. The van der Waals surface area contributed by atoms with Crippen molar-refractivity contribution >= 4 is 5.91 Å². The number of imidazole rings is 1. The van der Waals surface area contributed by atoms with Gasteiger partial charge in [0.25, 0.3) is 0 Å². The summed E-state index contributed by atoms with van der Waals surface area (Å²) < 4.78 is 9.56. The first-order valence-electron chi connectivity index (χ1n) is 9.67. The Hall–Kier alpha value is -2.19. The van der Waals surface area contributed by atoms with Crippen molar-refractivity contribution in [3.8, 4) is 11.3 Å². The fraction of sp³-hybridized carbons (Fsp3) is 0.632. The summed E-state index contributed by atoms with van der Waals surface area (Å²) in [5.74, 6) is 1.39. The maximum absolute atomic E-state index is 12.9. The van der Waals surface area contributed by atoms with Gasteiger partial charge >= 0.3 is 0 Å². The molecule has 2 saturated heterocycles. The molecule has 2 fully saturated rings. The highest BCUT2D eigenvalue weighted by Crippen LogP contribution is 2.37. The number of ether oxygens (including phenoxy) is 1. The van der Waals surface area contributed by atoms with Crippen molar-refractivity contribution in [2.45, 2.75) is 31.5 Å². The zero-order chi connectivity index (χ0) is 18.6. The molecule has 1 spiro atoms. The van der Waals surface area contributed by atoms with E-state index in [0.29, 0.717) is 13.2 Å². The molecule has 2 aromatic heterocycles. The van der Waals surface area contributed by atoms with Gasteiger partial charge in [-0.2, -0.15) is 5.10 Å². The molecule has 0 aliphatic carbocycles. The zero-order valence-electron chi connectivity index (χ0n) is 16.0. The van der Waals surface area contributed by atoms with E-state index in [4.69, 9.17) is 4.74 Å². The van der Waals surface area contributed by atoms with Crippen LogP contribution < -0.4 is 0 Å². The topological polar surface area (TPSA) is 68.4 Å². The minimum atomic E-state index is -0.0280. The quantitative estimate of drug-likeness (QED) is 0.780. The Kier molecular flexibility index (Phi) is 3.87. The Labute approximate surface area is 158 Å². The number of nitrogens with zero attached hydrogens (tertiary/aromatic N) is 6. The van der Waals surface area contributed by atoms with Crippen molar-refractivity contribution < 1.29 is 9.53 Å². The molecule has 5 rings (SSSR count). The number of hydrogen-bond donors (Lipinski definition) is 0. The first-order chi connectivity index (χ1) is 13.1. The average molecular weight is 370 g/mol. The molecule has 144 valence electrons. The standard InChI is InChI=1S/C19H26N6O2/c1-22-10-17-20-8-16(15-7-21-23(2)9-15)25(17)13-19(22)4-5-24(12-19)18(26)14-3-6-27-11-14/h7-9,14H,3-6,10-13H2,1-2H3. The van der Waals surface area contributed by atoms with Crippen LogP contribution in [-0.2, 0) is 29.7 Å². The van der Waals surface area contributed by atoms with E-state index in [0.717, 1.165) is 56.1 Å². The van der Waals surface area contributed by atoms with Crippen LogP contribution in [0.4, 0.5) is 0 Å². The predicted molar refractivity (Wildman–Crippen MR) is 98.8 cm³/mol. The van der Waals surface area contributed by atoms with Crippen LogP contribution in [0.5, 0.6) is 0 Å². The number of likely N-dealkylation sites (tertiary alicyclic amines) is 1. The number of aryl methyl sites for hydroxylation is 1. The summed E-state index contributed by atoms with van der Waals surface area (Å²) in [4.78, 5) is 22.0. The van der Waals surface area contributed by atoms with Gasteiger partial charge < -0.3 is 14.2 Å². The summed E-state index contributed by atoms with van der Waals surface area (Å²) in [5.41, 5.74) is 2.17. The van der Waals surface area contributed by atoms with Crippen molar-refractivity contribution in [1.29, 1.82) is 0 Å². The monoisotopic (exact) mass is 370 g/mol. The van der Waals surface area contributed by atoms with E-state index >= 15 is 0 Å². The minimum Gasteiger partial charge on any atom is -0.381 e. The second-order valence-corrected chi connectivity index (χ2v) is 8.20. The molecule has 0 bridgehead atoms. The van der Waals surface area contributed by atoms with Crippen molar-refractivity contribution in [1.82, 2.24) is 29.1 Å². The van der Waals surface area contributed by atoms with Crippen molar-refractivity contribution in [3.63, 3.8) is 0 Å². The lowest BCUT2D eigenvalue weighted by atomic mass is 9.94. The number of fused-ring (bicyclic) bond motifs is 1. The normalized spacial score (nSPS) is 28.2. The molecule has 0 saturated carbocycles. The molecule has 0 N–H and O–H groups in total. The zero-order valence-corrected chi connectivity index (χ0v) is 16.0. The Morgan fingerprint density at radius 3 is 2.93 bits per heavy atom. The highest BCUT2D eigenvalue weighted by molar-refractivity contribution is 5.79. The largest absolute Gasteiger partial charge is 0.381 e. The molecular formula is C19H26N6O2. The maximum Gasteiger partial charge on any atom is 0.228 e. The van der Waals surface area contributed by atoms with Gasteiger partial charge in [0.2, 0.25) is 5.91 Å². The molecule has 2 atom stereocenters. The predicted octanol–water partition coefficient (Wildman–Crippen LogP) is 0.737. The number of carbonyl (C=O) groups excluding carboxylic acids is 1. The van der Waals surface area contributed by atoms with E-state index in [1.54, 1.807) is 0 Å². The summed E-state index contributed by atoms with van der Waals surface area (Å²) in [6.45, 7) is 4.55. The van der Waals surface area contributed by atoms with Crippen molar-refractivity contribution in [3.05, 3.63) is 24.4 Å². The van der Waals surface area contributed by atoms with E-state index in [1.165, 1.54) is 0 Å².